The van der Waals surface area contributed by atoms with E-state index >= 15 is 0 Å². The average Bonchev–Trinajstić information content (AvgIpc) is 1.93. The van der Waals surface area contributed by atoms with E-state index in [1.54, 1.807) is 0 Å². The summed E-state index contributed by atoms with van der Waals surface area (Å²) in [6.45, 7) is 0. The van der Waals surface area contributed by atoms with E-state index < -0.39 is 14.0 Å². The van der Waals surface area contributed by atoms with Gasteiger partial charge in [-0.15, -0.1) is 23.2 Å². The SMILES string of the molecule is ClC1CC(Cl)(Cl)C(Cl)(Cl)C1Cl. The highest BCUT2D eigenvalue weighted by Gasteiger charge is 2.61. The Hall–Kier alpha value is 1.74. The maximum Gasteiger partial charge on any atom is 0.168 e. The van der Waals surface area contributed by atoms with Crippen molar-refractivity contribution in [2.24, 2.45) is 0 Å². The van der Waals surface area contributed by atoms with Crippen LogP contribution in [0, 0.1) is 0 Å². The van der Waals surface area contributed by atoms with Gasteiger partial charge in [0.05, 0.1) is 10.8 Å². The highest BCUT2D eigenvalue weighted by molar-refractivity contribution is 6.66. The molecule has 0 N–H and O–H groups in total. The molecule has 1 saturated carbocycles. The first-order valence-corrected chi connectivity index (χ1v) is 5.21. The molecule has 2 atom stereocenters. The molecule has 0 aromatic rings. The van der Waals surface area contributed by atoms with Crippen LogP contribution in [0.25, 0.3) is 0 Å². The molecule has 6 heteroatoms. The molecule has 0 spiro atoms. The Morgan fingerprint density at radius 1 is 1.00 bits per heavy atom. The predicted octanol–water partition coefficient (Wildman–Crippen LogP) is 3.95. The van der Waals surface area contributed by atoms with Crippen molar-refractivity contribution >= 4 is 69.6 Å². The van der Waals surface area contributed by atoms with E-state index in [4.69, 9.17) is 69.6 Å². The Bertz CT molecular complexity index is 164. The molecule has 0 amide bonds. The summed E-state index contributed by atoms with van der Waals surface area (Å²) in [4.78, 5) is 0. The van der Waals surface area contributed by atoms with Crippen molar-refractivity contribution in [3.8, 4) is 0 Å². The Labute approximate surface area is 95.0 Å². The van der Waals surface area contributed by atoms with Crippen molar-refractivity contribution in [3.63, 3.8) is 0 Å². The topological polar surface area (TPSA) is 0 Å². The van der Waals surface area contributed by atoms with Gasteiger partial charge in [0, 0.05) is 6.42 Å². The fraction of sp³-hybridized carbons (Fsp3) is 1.00. The molecule has 1 rings (SSSR count). The van der Waals surface area contributed by atoms with Gasteiger partial charge in [0.1, 0.15) is 0 Å². The molecule has 0 aromatic heterocycles. The predicted molar refractivity (Wildman–Crippen MR) is 52.8 cm³/mol. The first-order valence-electron chi connectivity index (χ1n) is 2.83. The summed E-state index contributed by atoms with van der Waals surface area (Å²) in [6.07, 6.45) is 0.291. The summed E-state index contributed by atoms with van der Waals surface area (Å²) in [5, 5.41) is -1.01. The summed E-state index contributed by atoms with van der Waals surface area (Å²) >= 11 is 34.7. The van der Waals surface area contributed by atoms with Gasteiger partial charge >= 0.3 is 0 Å². The van der Waals surface area contributed by atoms with Gasteiger partial charge in [-0.25, -0.2) is 0 Å². The lowest BCUT2D eigenvalue weighted by Crippen LogP contribution is -2.36. The minimum Gasteiger partial charge on any atom is -0.121 e. The molecular formula is C5H4Cl6. The summed E-state index contributed by atoms with van der Waals surface area (Å²) in [6, 6.07) is 0. The maximum absolute atomic E-state index is 5.79. The highest BCUT2D eigenvalue weighted by Crippen LogP contribution is 2.57. The zero-order valence-corrected chi connectivity index (χ0v) is 9.67. The third kappa shape index (κ3) is 1.68. The zero-order valence-electron chi connectivity index (χ0n) is 5.13. The number of alkyl halides is 6. The molecular weight excluding hydrogens is 273 g/mol. The highest BCUT2D eigenvalue weighted by atomic mass is 35.5. The van der Waals surface area contributed by atoms with E-state index in [0.29, 0.717) is 6.42 Å². The standard InChI is InChI=1S/C5H4Cl6/c6-2-1-4(8,9)5(10,11)3(2)7/h2-3H,1H2. The summed E-state index contributed by atoms with van der Waals surface area (Å²) in [5.74, 6) is 0. The molecule has 0 aromatic carbocycles. The molecule has 1 aliphatic rings. The second kappa shape index (κ2) is 3.15. The number of hydrogen-bond acceptors (Lipinski definition) is 0. The van der Waals surface area contributed by atoms with Crippen molar-refractivity contribution in [1.29, 1.82) is 0 Å². The minimum atomic E-state index is -1.37. The van der Waals surface area contributed by atoms with Crippen molar-refractivity contribution in [2.75, 3.05) is 0 Å². The third-order valence-corrected chi connectivity index (χ3v) is 5.40. The van der Waals surface area contributed by atoms with Gasteiger partial charge in [0.25, 0.3) is 0 Å². The lowest BCUT2D eigenvalue weighted by molar-refractivity contribution is 0.768. The number of rotatable bonds is 0. The van der Waals surface area contributed by atoms with E-state index in [1.807, 2.05) is 0 Å². The van der Waals surface area contributed by atoms with E-state index in [1.165, 1.54) is 0 Å². The van der Waals surface area contributed by atoms with Crippen molar-refractivity contribution in [1.82, 2.24) is 0 Å². The van der Waals surface area contributed by atoms with Gasteiger partial charge in [-0.2, -0.15) is 0 Å². The fourth-order valence-electron chi connectivity index (χ4n) is 0.913. The first-order chi connectivity index (χ1) is 4.79. The van der Waals surface area contributed by atoms with Crippen LogP contribution in [0.4, 0.5) is 0 Å². The Balaban J connectivity index is 2.92. The van der Waals surface area contributed by atoms with Crippen LogP contribution < -0.4 is 0 Å². The second-order valence-electron chi connectivity index (χ2n) is 2.45. The molecule has 1 aliphatic carbocycles. The van der Waals surface area contributed by atoms with Gasteiger partial charge in [-0.05, 0) is 0 Å². The van der Waals surface area contributed by atoms with Crippen LogP contribution in [0.3, 0.4) is 0 Å². The van der Waals surface area contributed by atoms with Gasteiger partial charge < -0.3 is 0 Å². The Morgan fingerprint density at radius 3 is 1.55 bits per heavy atom. The van der Waals surface area contributed by atoms with Crippen LogP contribution >= 0.6 is 69.6 Å². The molecule has 66 valence electrons. The van der Waals surface area contributed by atoms with Crippen molar-refractivity contribution in [3.05, 3.63) is 0 Å². The van der Waals surface area contributed by atoms with Crippen LogP contribution in [0.2, 0.25) is 0 Å². The molecule has 11 heavy (non-hydrogen) atoms. The summed E-state index contributed by atoms with van der Waals surface area (Å²) in [5.41, 5.74) is 0. The fourth-order valence-corrected chi connectivity index (χ4v) is 3.03. The summed E-state index contributed by atoms with van der Waals surface area (Å²) in [7, 11) is 0. The van der Waals surface area contributed by atoms with E-state index in [-0.39, 0.29) is 5.38 Å². The monoisotopic (exact) mass is 274 g/mol. The van der Waals surface area contributed by atoms with Crippen molar-refractivity contribution < 1.29 is 0 Å². The Kier molecular flexibility index (Phi) is 3.10. The lowest BCUT2D eigenvalue weighted by Gasteiger charge is -2.26. The minimum absolute atomic E-state index is 0.291. The van der Waals surface area contributed by atoms with Gasteiger partial charge in [-0.1, -0.05) is 46.4 Å². The molecule has 0 radical (unpaired) electrons. The van der Waals surface area contributed by atoms with E-state index in [0.717, 1.165) is 0 Å². The normalized spacial score (nSPS) is 40.9. The first kappa shape index (κ1) is 10.8. The van der Waals surface area contributed by atoms with E-state index in [9.17, 15) is 0 Å². The number of halogens is 6. The Morgan fingerprint density at radius 2 is 1.45 bits per heavy atom. The van der Waals surface area contributed by atoms with Gasteiger partial charge in [-0.3, -0.25) is 0 Å². The zero-order chi connectivity index (χ0) is 8.86. The van der Waals surface area contributed by atoms with Gasteiger partial charge in [0.15, 0.2) is 8.67 Å². The van der Waals surface area contributed by atoms with Gasteiger partial charge in [0.2, 0.25) is 0 Å². The second-order valence-corrected chi connectivity index (χ2v) is 6.35. The lowest BCUT2D eigenvalue weighted by atomic mass is 10.3. The molecule has 2 unspecified atom stereocenters. The molecule has 0 heterocycles. The van der Waals surface area contributed by atoms with Crippen molar-refractivity contribution in [2.45, 2.75) is 25.8 Å². The molecule has 0 aliphatic heterocycles. The largest absolute Gasteiger partial charge is 0.168 e. The quantitative estimate of drug-likeness (QED) is 0.588. The average molecular weight is 277 g/mol. The molecule has 0 bridgehead atoms. The van der Waals surface area contributed by atoms with Crippen LogP contribution in [0.5, 0.6) is 0 Å². The van der Waals surface area contributed by atoms with Crippen LogP contribution in [0.1, 0.15) is 6.42 Å². The number of hydrogen-bond donors (Lipinski definition) is 0. The smallest absolute Gasteiger partial charge is 0.121 e. The summed E-state index contributed by atoms with van der Waals surface area (Å²) < 4.78 is -2.63. The molecule has 0 nitrogen and oxygen atoms in total. The maximum atomic E-state index is 5.79. The molecule has 0 saturated heterocycles. The van der Waals surface area contributed by atoms with Crippen LogP contribution in [-0.4, -0.2) is 19.4 Å². The third-order valence-electron chi connectivity index (χ3n) is 1.60. The van der Waals surface area contributed by atoms with Crippen LogP contribution in [0.15, 0.2) is 0 Å². The van der Waals surface area contributed by atoms with E-state index in [2.05, 4.69) is 0 Å². The molecule has 1 fully saturated rings. The van der Waals surface area contributed by atoms with Crippen LogP contribution in [-0.2, 0) is 0 Å².